The second-order valence-electron chi connectivity index (χ2n) is 6.01. The third-order valence-electron chi connectivity index (χ3n) is 4.22. The fourth-order valence-corrected chi connectivity index (χ4v) is 2.90. The molecule has 3 rings (SSSR count). The van der Waals surface area contributed by atoms with Crippen LogP contribution in [0.2, 0.25) is 0 Å². The Kier molecular flexibility index (Phi) is 8.26. The molecule has 1 saturated heterocycles. The zero-order valence-electron chi connectivity index (χ0n) is 15.4. The van der Waals surface area contributed by atoms with Crippen LogP contribution < -0.4 is 10.2 Å². The first-order valence-corrected chi connectivity index (χ1v) is 8.84. The molecule has 2 heterocycles. The molecule has 1 aromatic heterocycles. The van der Waals surface area contributed by atoms with Crippen LogP contribution in [0.4, 0.5) is 5.95 Å². The van der Waals surface area contributed by atoms with E-state index < -0.39 is 0 Å². The quantitative estimate of drug-likeness (QED) is 0.414. The summed E-state index contributed by atoms with van der Waals surface area (Å²) in [5, 5.41) is 12.4. The summed E-state index contributed by atoms with van der Waals surface area (Å²) in [5.74, 6) is 1.69. The number of nitrogens with zero attached hydrogens (tertiary/aromatic N) is 6. The van der Waals surface area contributed by atoms with Gasteiger partial charge < -0.3 is 15.1 Å². The second-order valence-corrected chi connectivity index (χ2v) is 6.01. The minimum atomic E-state index is 0. The van der Waals surface area contributed by atoms with Crippen LogP contribution in [0.5, 0.6) is 0 Å². The van der Waals surface area contributed by atoms with Crippen molar-refractivity contribution in [3.05, 3.63) is 53.9 Å². The molecule has 0 unspecified atom stereocenters. The molecule has 7 nitrogen and oxygen atoms in total. The van der Waals surface area contributed by atoms with Crippen molar-refractivity contribution in [3.8, 4) is 6.07 Å². The van der Waals surface area contributed by atoms with Crippen LogP contribution >= 0.6 is 24.0 Å². The van der Waals surface area contributed by atoms with Crippen molar-refractivity contribution in [2.45, 2.75) is 13.5 Å². The molecule has 0 aliphatic carbocycles. The summed E-state index contributed by atoms with van der Waals surface area (Å²) >= 11 is 0. The van der Waals surface area contributed by atoms with E-state index in [1.807, 2.05) is 30.3 Å². The zero-order valence-corrected chi connectivity index (χ0v) is 17.7. The van der Waals surface area contributed by atoms with Crippen molar-refractivity contribution in [2.24, 2.45) is 4.99 Å². The Bertz CT molecular complexity index is 780. The number of anilines is 1. The number of benzene rings is 1. The van der Waals surface area contributed by atoms with E-state index in [1.165, 1.54) is 0 Å². The van der Waals surface area contributed by atoms with E-state index in [9.17, 15) is 0 Å². The highest BCUT2D eigenvalue weighted by atomic mass is 127. The number of piperazine rings is 1. The van der Waals surface area contributed by atoms with E-state index in [-0.39, 0.29) is 24.0 Å². The molecule has 0 spiro atoms. The molecule has 1 aliphatic rings. The van der Waals surface area contributed by atoms with Crippen molar-refractivity contribution in [1.29, 1.82) is 5.26 Å². The topological polar surface area (TPSA) is 80.4 Å². The highest BCUT2D eigenvalue weighted by molar-refractivity contribution is 14.0. The van der Waals surface area contributed by atoms with Crippen LogP contribution in [-0.2, 0) is 6.54 Å². The lowest BCUT2D eigenvalue weighted by Crippen LogP contribution is -2.52. The lowest BCUT2D eigenvalue weighted by atomic mass is 10.1. The normalized spacial score (nSPS) is 14.3. The standard InChI is InChI=1S/C19H23N7.HI/c1-2-21-18(24-15-17-6-3-5-16(13-17)14-20)25-9-11-26(12-10-25)19-22-7-4-8-23-19;/h3-8,13H,2,9-12,15H2,1H3,(H,21,24);1H. The molecule has 0 bridgehead atoms. The Balaban J connectivity index is 0.00000261. The first kappa shape index (κ1) is 20.9. The van der Waals surface area contributed by atoms with Gasteiger partial charge >= 0.3 is 0 Å². The molecule has 142 valence electrons. The summed E-state index contributed by atoms with van der Waals surface area (Å²) < 4.78 is 0. The van der Waals surface area contributed by atoms with Gasteiger partial charge in [0, 0.05) is 45.1 Å². The smallest absolute Gasteiger partial charge is 0.225 e. The fraction of sp³-hybridized carbons (Fsp3) is 0.368. The van der Waals surface area contributed by atoms with Gasteiger partial charge in [0.2, 0.25) is 5.95 Å². The van der Waals surface area contributed by atoms with Gasteiger partial charge in [-0.15, -0.1) is 24.0 Å². The van der Waals surface area contributed by atoms with E-state index in [1.54, 1.807) is 12.4 Å². The molecule has 1 aliphatic heterocycles. The Morgan fingerprint density at radius 2 is 1.93 bits per heavy atom. The molecule has 8 heteroatoms. The number of nitriles is 1. The van der Waals surface area contributed by atoms with Crippen LogP contribution in [0.25, 0.3) is 0 Å². The van der Waals surface area contributed by atoms with E-state index in [4.69, 9.17) is 10.3 Å². The molecule has 27 heavy (non-hydrogen) atoms. The van der Waals surface area contributed by atoms with E-state index >= 15 is 0 Å². The van der Waals surface area contributed by atoms with Gasteiger partial charge in [0.25, 0.3) is 0 Å². The van der Waals surface area contributed by atoms with Gasteiger partial charge in [-0.2, -0.15) is 5.26 Å². The number of rotatable bonds is 4. The monoisotopic (exact) mass is 477 g/mol. The highest BCUT2D eigenvalue weighted by Crippen LogP contribution is 2.11. The molecule has 0 saturated carbocycles. The van der Waals surface area contributed by atoms with Crippen molar-refractivity contribution in [2.75, 3.05) is 37.6 Å². The third-order valence-corrected chi connectivity index (χ3v) is 4.22. The van der Waals surface area contributed by atoms with Crippen LogP contribution in [0.1, 0.15) is 18.1 Å². The van der Waals surface area contributed by atoms with Gasteiger partial charge in [0.1, 0.15) is 0 Å². The molecular weight excluding hydrogens is 453 g/mol. The number of nitrogens with one attached hydrogen (secondary N) is 1. The lowest BCUT2D eigenvalue weighted by Gasteiger charge is -2.36. The number of hydrogen-bond donors (Lipinski definition) is 1. The Hall–Kier alpha value is -2.41. The minimum absolute atomic E-state index is 0. The molecule has 0 radical (unpaired) electrons. The Labute approximate surface area is 177 Å². The van der Waals surface area contributed by atoms with Crippen LogP contribution in [-0.4, -0.2) is 53.6 Å². The van der Waals surface area contributed by atoms with Gasteiger partial charge in [0.05, 0.1) is 18.2 Å². The summed E-state index contributed by atoms with van der Waals surface area (Å²) in [6.07, 6.45) is 3.55. The summed E-state index contributed by atoms with van der Waals surface area (Å²) in [4.78, 5) is 17.9. The third kappa shape index (κ3) is 5.79. The SMILES string of the molecule is CCNC(=NCc1cccc(C#N)c1)N1CCN(c2ncccn2)CC1.I. The van der Waals surface area contributed by atoms with Gasteiger partial charge in [-0.05, 0) is 30.7 Å². The van der Waals surface area contributed by atoms with Crippen molar-refractivity contribution in [3.63, 3.8) is 0 Å². The lowest BCUT2D eigenvalue weighted by molar-refractivity contribution is 0.370. The van der Waals surface area contributed by atoms with Crippen molar-refractivity contribution >= 4 is 35.9 Å². The maximum atomic E-state index is 9.03. The molecule has 0 atom stereocenters. The maximum absolute atomic E-state index is 9.03. The van der Waals surface area contributed by atoms with Gasteiger partial charge in [-0.1, -0.05) is 12.1 Å². The largest absolute Gasteiger partial charge is 0.357 e. The average Bonchev–Trinajstić information content (AvgIpc) is 2.72. The molecule has 1 fully saturated rings. The average molecular weight is 477 g/mol. The van der Waals surface area contributed by atoms with Crippen LogP contribution in [0.3, 0.4) is 0 Å². The molecule has 0 amide bonds. The molecule has 2 aromatic rings. The van der Waals surface area contributed by atoms with Crippen molar-refractivity contribution in [1.82, 2.24) is 20.2 Å². The maximum Gasteiger partial charge on any atom is 0.225 e. The Morgan fingerprint density at radius 3 is 2.59 bits per heavy atom. The number of hydrogen-bond acceptors (Lipinski definition) is 5. The van der Waals surface area contributed by atoms with Gasteiger partial charge in [0.15, 0.2) is 5.96 Å². The minimum Gasteiger partial charge on any atom is -0.357 e. The Morgan fingerprint density at radius 1 is 1.19 bits per heavy atom. The summed E-state index contributed by atoms with van der Waals surface area (Å²) in [6, 6.07) is 11.6. The molecular formula is C19H24IN7. The highest BCUT2D eigenvalue weighted by Gasteiger charge is 2.20. The summed E-state index contributed by atoms with van der Waals surface area (Å²) in [7, 11) is 0. The predicted molar refractivity (Wildman–Crippen MR) is 117 cm³/mol. The van der Waals surface area contributed by atoms with E-state index in [0.29, 0.717) is 12.1 Å². The number of guanidine groups is 1. The first-order chi connectivity index (χ1) is 12.8. The van der Waals surface area contributed by atoms with Crippen molar-refractivity contribution < 1.29 is 0 Å². The predicted octanol–water partition coefficient (Wildman–Crippen LogP) is 2.25. The second kappa shape index (κ2) is 10.7. The van der Waals surface area contributed by atoms with Crippen LogP contribution in [0, 0.1) is 11.3 Å². The first-order valence-electron chi connectivity index (χ1n) is 8.84. The van der Waals surface area contributed by atoms with E-state index in [2.05, 4.69) is 38.1 Å². The summed E-state index contributed by atoms with van der Waals surface area (Å²) in [5.41, 5.74) is 1.70. The van der Waals surface area contributed by atoms with Gasteiger partial charge in [-0.25, -0.2) is 15.0 Å². The number of halogens is 1. The van der Waals surface area contributed by atoms with Crippen LogP contribution in [0.15, 0.2) is 47.7 Å². The molecule has 1 aromatic carbocycles. The van der Waals surface area contributed by atoms with Gasteiger partial charge in [-0.3, -0.25) is 0 Å². The van der Waals surface area contributed by atoms with E-state index in [0.717, 1.165) is 50.2 Å². The summed E-state index contributed by atoms with van der Waals surface area (Å²) in [6.45, 7) is 6.89. The fourth-order valence-electron chi connectivity index (χ4n) is 2.90. The number of aliphatic imine (C=N–C) groups is 1. The number of aromatic nitrogens is 2. The molecule has 1 N–H and O–H groups in total. The zero-order chi connectivity index (χ0) is 18.2.